The van der Waals surface area contributed by atoms with E-state index in [2.05, 4.69) is 5.32 Å². The molecule has 0 aliphatic rings. The molecule has 0 saturated heterocycles. The summed E-state index contributed by atoms with van der Waals surface area (Å²) in [6, 6.07) is -1.27. The summed E-state index contributed by atoms with van der Waals surface area (Å²) in [6.07, 6.45) is 2.77. The van der Waals surface area contributed by atoms with Crippen molar-refractivity contribution in [2.75, 3.05) is 13.3 Å². The van der Waals surface area contributed by atoms with Gasteiger partial charge in [0.1, 0.15) is 11.6 Å². The first-order valence-electron chi connectivity index (χ1n) is 9.26. The van der Waals surface area contributed by atoms with Crippen LogP contribution in [0.25, 0.3) is 0 Å². The molecule has 0 aliphatic carbocycles. The first kappa shape index (κ1) is 26.3. The van der Waals surface area contributed by atoms with E-state index in [0.29, 0.717) is 0 Å². The third-order valence-corrected chi connectivity index (χ3v) is 5.65. The Morgan fingerprint density at radius 2 is 1.64 bits per heavy atom. The molecule has 0 bridgehead atoms. The largest absolute Gasteiger partial charge is 0.478 e. The summed E-state index contributed by atoms with van der Waals surface area (Å²) >= 11 is 1.45. The molecule has 2 N–H and O–H groups in total. The molecule has 0 aromatic carbocycles. The molecule has 2 amide bonds. The van der Waals surface area contributed by atoms with Crippen molar-refractivity contribution in [2.24, 2.45) is 5.92 Å². The Morgan fingerprint density at radius 1 is 1.14 bits per heavy atom. The van der Waals surface area contributed by atoms with Crippen LogP contribution < -0.4 is 5.32 Å². The van der Waals surface area contributed by atoms with Crippen molar-refractivity contribution in [3.63, 3.8) is 0 Å². The van der Waals surface area contributed by atoms with Gasteiger partial charge in [-0.25, -0.2) is 9.59 Å². The number of carbonyl (C=O) groups is 3. The van der Waals surface area contributed by atoms with E-state index in [1.165, 1.54) is 23.6 Å². The van der Waals surface area contributed by atoms with Gasteiger partial charge in [0, 0.05) is 17.4 Å². The zero-order valence-corrected chi connectivity index (χ0v) is 19.6. The minimum absolute atomic E-state index is 0.0113. The Kier molecular flexibility index (Phi) is 9.57. The van der Waals surface area contributed by atoms with Crippen molar-refractivity contribution in [3.05, 3.63) is 11.6 Å². The van der Waals surface area contributed by atoms with E-state index < -0.39 is 34.5 Å². The predicted octanol–water partition coefficient (Wildman–Crippen LogP) is 3.54. The van der Waals surface area contributed by atoms with Crippen molar-refractivity contribution < 1.29 is 24.2 Å². The van der Waals surface area contributed by atoms with E-state index in [9.17, 15) is 19.5 Å². The van der Waals surface area contributed by atoms with Crippen LogP contribution >= 0.6 is 11.8 Å². The molecule has 162 valence electrons. The van der Waals surface area contributed by atoms with Gasteiger partial charge in [-0.1, -0.05) is 19.9 Å². The van der Waals surface area contributed by atoms with Gasteiger partial charge in [0.05, 0.1) is 6.04 Å². The maximum Gasteiger partial charge on any atom is 0.408 e. The van der Waals surface area contributed by atoms with E-state index in [1.54, 1.807) is 33.9 Å². The molecule has 0 saturated carbocycles. The Hall–Kier alpha value is -1.70. The van der Waals surface area contributed by atoms with Crippen LogP contribution in [0.2, 0.25) is 0 Å². The Morgan fingerprint density at radius 3 is 2.00 bits per heavy atom. The summed E-state index contributed by atoms with van der Waals surface area (Å²) in [5, 5.41) is 11.9. The molecule has 28 heavy (non-hydrogen) atoms. The number of thioether (sulfide) groups is 1. The fourth-order valence-electron chi connectivity index (χ4n) is 2.51. The van der Waals surface area contributed by atoms with Gasteiger partial charge < -0.3 is 20.1 Å². The standard InChI is InChI=1S/C20H36N2O5S/c1-12(2)14(11-13(3)17(24)25)22(9)16(23)15(20(7,8)28-10)21-18(26)27-19(4,5)6/h11-12,14-15H,1-10H3,(H,21,26)(H,24,25)/t14-,15-/m1/s1. The van der Waals surface area contributed by atoms with Crippen molar-refractivity contribution in [2.45, 2.75) is 77.8 Å². The minimum atomic E-state index is -1.03. The lowest BCUT2D eigenvalue weighted by molar-refractivity contribution is -0.135. The van der Waals surface area contributed by atoms with E-state index in [4.69, 9.17) is 4.74 Å². The van der Waals surface area contributed by atoms with Crippen LogP contribution in [0, 0.1) is 5.92 Å². The number of alkyl carbamates (subject to hydrolysis) is 1. The average molecular weight is 417 g/mol. The summed E-state index contributed by atoms with van der Waals surface area (Å²) in [5.41, 5.74) is -0.520. The molecule has 0 unspecified atom stereocenters. The van der Waals surface area contributed by atoms with Gasteiger partial charge in [0.15, 0.2) is 0 Å². The highest BCUT2D eigenvalue weighted by Crippen LogP contribution is 2.28. The molecule has 0 heterocycles. The Labute approximate surface area is 173 Å². The molecule has 0 rings (SSSR count). The zero-order valence-electron chi connectivity index (χ0n) is 18.7. The van der Waals surface area contributed by atoms with Crippen molar-refractivity contribution >= 4 is 29.7 Å². The smallest absolute Gasteiger partial charge is 0.408 e. The summed E-state index contributed by atoms with van der Waals surface area (Å²) in [7, 11) is 1.62. The second-order valence-electron chi connectivity index (χ2n) is 8.73. The molecule has 7 nitrogen and oxygen atoms in total. The second-order valence-corrected chi connectivity index (χ2v) is 10.2. The molecule has 0 aliphatic heterocycles. The first-order valence-corrected chi connectivity index (χ1v) is 10.5. The van der Waals surface area contributed by atoms with Gasteiger partial charge in [-0.2, -0.15) is 11.8 Å². The van der Waals surface area contributed by atoms with Gasteiger partial charge in [0.25, 0.3) is 0 Å². The second kappa shape index (κ2) is 10.2. The third kappa shape index (κ3) is 8.12. The predicted molar refractivity (Wildman–Crippen MR) is 114 cm³/mol. The van der Waals surface area contributed by atoms with Crippen molar-refractivity contribution in [1.82, 2.24) is 10.2 Å². The molecular formula is C20H36N2O5S. The zero-order chi connectivity index (χ0) is 22.4. The maximum absolute atomic E-state index is 13.3. The van der Waals surface area contributed by atoms with Gasteiger partial charge in [0.2, 0.25) is 5.91 Å². The van der Waals surface area contributed by atoms with Crippen LogP contribution in [0.5, 0.6) is 0 Å². The number of nitrogens with zero attached hydrogens (tertiary/aromatic N) is 1. The summed E-state index contributed by atoms with van der Waals surface area (Å²) in [4.78, 5) is 38.4. The lowest BCUT2D eigenvalue weighted by Gasteiger charge is -2.38. The Balaban J connectivity index is 5.82. The molecule has 0 aromatic rings. The summed E-state index contributed by atoms with van der Waals surface area (Å²) in [6.45, 7) is 14.3. The highest BCUT2D eigenvalue weighted by molar-refractivity contribution is 8.00. The van der Waals surface area contributed by atoms with Crippen LogP contribution in [0.1, 0.15) is 55.4 Å². The highest BCUT2D eigenvalue weighted by atomic mass is 32.2. The molecular weight excluding hydrogens is 380 g/mol. The number of hydrogen-bond acceptors (Lipinski definition) is 5. The third-order valence-electron chi connectivity index (χ3n) is 4.37. The van der Waals surface area contributed by atoms with Gasteiger partial charge in [-0.15, -0.1) is 0 Å². The average Bonchev–Trinajstić information content (AvgIpc) is 2.53. The number of amides is 2. The normalized spacial score (nSPS) is 15.0. The van der Waals surface area contributed by atoms with Crippen LogP contribution in [0.4, 0.5) is 4.79 Å². The van der Waals surface area contributed by atoms with Crippen LogP contribution in [-0.2, 0) is 14.3 Å². The lowest BCUT2D eigenvalue weighted by Crippen LogP contribution is -2.59. The number of aliphatic carboxylic acids is 1. The molecule has 0 radical (unpaired) electrons. The highest BCUT2D eigenvalue weighted by Gasteiger charge is 2.40. The van der Waals surface area contributed by atoms with Crippen LogP contribution in [0.15, 0.2) is 11.6 Å². The molecule has 0 fully saturated rings. The lowest BCUT2D eigenvalue weighted by atomic mass is 9.96. The number of nitrogens with one attached hydrogen (secondary N) is 1. The quantitative estimate of drug-likeness (QED) is 0.588. The van der Waals surface area contributed by atoms with Gasteiger partial charge >= 0.3 is 12.1 Å². The molecule has 2 atom stereocenters. The van der Waals surface area contributed by atoms with Crippen molar-refractivity contribution in [1.29, 1.82) is 0 Å². The Bertz CT molecular complexity index is 608. The van der Waals surface area contributed by atoms with E-state index in [-0.39, 0.29) is 17.4 Å². The maximum atomic E-state index is 13.3. The van der Waals surface area contributed by atoms with E-state index in [1.807, 2.05) is 34.0 Å². The number of ether oxygens (including phenoxy) is 1. The number of carbonyl (C=O) groups excluding carboxylic acids is 2. The van der Waals surface area contributed by atoms with Gasteiger partial charge in [-0.3, -0.25) is 4.79 Å². The fraction of sp³-hybridized carbons (Fsp3) is 0.750. The number of rotatable bonds is 8. The minimum Gasteiger partial charge on any atom is -0.478 e. The number of carboxylic acid groups (broad SMARTS) is 1. The van der Waals surface area contributed by atoms with Crippen molar-refractivity contribution in [3.8, 4) is 0 Å². The SMILES string of the molecule is CSC(C)(C)[C@H](NC(=O)OC(C)(C)C)C(=O)N(C)[C@H](C=C(C)C(=O)O)C(C)C. The fourth-order valence-corrected chi connectivity index (χ4v) is 2.90. The van der Waals surface area contributed by atoms with E-state index >= 15 is 0 Å². The monoisotopic (exact) mass is 416 g/mol. The van der Waals surface area contributed by atoms with E-state index in [0.717, 1.165) is 0 Å². The van der Waals surface area contributed by atoms with Crippen LogP contribution in [-0.4, -0.2) is 63.7 Å². The van der Waals surface area contributed by atoms with Crippen LogP contribution in [0.3, 0.4) is 0 Å². The first-order chi connectivity index (χ1) is 12.5. The molecule has 0 aromatic heterocycles. The topological polar surface area (TPSA) is 95.9 Å². The number of hydrogen-bond donors (Lipinski definition) is 2. The van der Waals surface area contributed by atoms with Gasteiger partial charge in [-0.05, 0) is 53.7 Å². The number of likely N-dealkylation sites (N-methyl/N-ethyl adjacent to an activating group) is 1. The molecule has 0 spiro atoms. The summed E-state index contributed by atoms with van der Waals surface area (Å²) in [5.74, 6) is -1.35. The molecule has 8 heteroatoms. The number of carboxylic acids is 1. The summed E-state index contributed by atoms with van der Waals surface area (Å²) < 4.78 is 4.72.